The zero-order valence-corrected chi connectivity index (χ0v) is 19.5. The number of aromatic nitrogens is 1. The molecule has 8 nitrogen and oxygen atoms in total. The number of amides is 1. The molecule has 1 heterocycles. The van der Waals surface area contributed by atoms with Crippen molar-refractivity contribution in [3.63, 3.8) is 0 Å². The summed E-state index contributed by atoms with van der Waals surface area (Å²) in [4.78, 5) is 24.1. The van der Waals surface area contributed by atoms with Crippen molar-refractivity contribution in [2.45, 2.75) is 58.1 Å². The summed E-state index contributed by atoms with van der Waals surface area (Å²) in [5.41, 5.74) is 2.83. The van der Waals surface area contributed by atoms with Crippen LogP contribution in [0.2, 0.25) is 0 Å². The van der Waals surface area contributed by atoms with Gasteiger partial charge in [-0.2, -0.15) is 0 Å². The van der Waals surface area contributed by atoms with Gasteiger partial charge < -0.3 is 14.0 Å². The van der Waals surface area contributed by atoms with Gasteiger partial charge in [-0.1, -0.05) is 12.1 Å². The number of nitrogens with one attached hydrogen (secondary N) is 1. The maximum atomic E-state index is 12.2. The lowest BCUT2D eigenvalue weighted by Gasteiger charge is -2.29. The molecule has 3 aromatic rings. The molecule has 178 valence electrons. The average molecular weight is 464 g/mol. The first kappa shape index (κ1) is 22.3. The van der Waals surface area contributed by atoms with Gasteiger partial charge in [-0.25, -0.2) is 4.79 Å². The van der Waals surface area contributed by atoms with Crippen molar-refractivity contribution < 1.29 is 19.2 Å². The molecule has 8 heteroatoms. The number of carbonyl (C=O) groups is 1. The first-order chi connectivity index (χ1) is 16.5. The molecule has 1 N–H and O–H groups in total. The Bertz CT molecular complexity index is 1230. The van der Waals surface area contributed by atoms with Crippen LogP contribution in [0.1, 0.15) is 52.0 Å². The largest absolute Gasteiger partial charge is 0.494 e. The van der Waals surface area contributed by atoms with E-state index in [0.717, 1.165) is 43.2 Å². The Hall–Kier alpha value is -3.55. The van der Waals surface area contributed by atoms with Gasteiger partial charge >= 0.3 is 11.8 Å². The lowest BCUT2D eigenvalue weighted by atomic mass is 9.92. The molecule has 2 saturated carbocycles. The highest BCUT2D eigenvalue weighted by Gasteiger charge is 2.33. The number of benzene rings is 2. The number of hydrogen-bond acceptors (Lipinski definition) is 5. The van der Waals surface area contributed by atoms with Crippen molar-refractivity contribution in [1.29, 1.82) is 0 Å². The van der Waals surface area contributed by atoms with Crippen molar-refractivity contribution in [2.24, 2.45) is 5.92 Å². The van der Waals surface area contributed by atoms with Crippen LogP contribution in [0.5, 0.6) is 5.75 Å². The van der Waals surface area contributed by atoms with Gasteiger partial charge in [0, 0.05) is 23.4 Å². The molecule has 1 unspecified atom stereocenters. The minimum atomic E-state index is -0.481. The molecule has 0 aliphatic heterocycles. The van der Waals surface area contributed by atoms with Crippen LogP contribution in [0.4, 0.5) is 16.2 Å². The van der Waals surface area contributed by atoms with Crippen molar-refractivity contribution in [3.05, 3.63) is 52.6 Å². The number of nitrogens with zero attached hydrogens (tertiary/aromatic N) is 2. The second-order valence-electron chi connectivity index (χ2n) is 9.17. The molecule has 0 radical (unpaired) electrons. The van der Waals surface area contributed by atoms with Crippen LogP contribution in [0.3, 0.4) is 0 Å². The van der Waals surface area contributed by atoms with E-state index in [1.165, 1.54) is 0 Å². The van der Waals surface area contributed by atoms with Crippen LogP contribution in [0.25, 0.3) is 22.2 Å². The Morgan fingerprint density at radius 1 is 1.18 bits per heavy atom. The van der Waals surface area contributed by atoms with E-state index in [9.17, 15) is 14.9 Å². The zero-order valence-electron chi connectivity index (χ0n) is 19.5. The van der Waals surface area contributed by atoms with Crippen molar-refractivity contribution in [2.75, 3.05) is 11.9 Å². The monoisotopic (exact) mass is 463 g/mol. The van der Waals surface area contributed by atoms with Gasteiger partial charge in [0.15, 0.2) is 0 Å². The second kappa shape index (κ2) is 9.00. The molecule has 0 saturated heterocycles. The van der Waals surface area contributed by atoms with E-state index in [4.69, 9.17) is 9.47 Å². The summed E-state index contributed by atoms with van der Waals surface area (Å²) >= 11 is 0. The summed E-state index contributed by atoms with van der Waals surface area (Å²) in [6, 6.07) is 12.8. The number of ether oxygens (including phenoxy) is 2. The smallest absolute Gasteiger partial charge is 0.411 e. The number of rotatable bonds is 8. The highest BCUT2D eigenvalue weighted by atomic mass is 16.6. The molecular weight excluding hydrogens is 434 g/mol. The lowest BCUT2D eigenvalue weighted by Crippen LogP contribution is -2.21. The number of carbonyl (C=O) groups excluding carboxylic acids is 1. The molecule has 2 fully saturated rings. The Kier molecular flexibility index (Phi) is 5.89. The van der Waals surface area contributed by atoms with E-state index >= 15 is 0 Å². The Labute approximate surface area is 198 Å². The van der Waals surface area contributed by atoms with Crippen molar-refractivity contribution in [3.8, 4) is 17.0 Å². The quantitative estimate of drug-likeness (QED) is 0.297. The van der Waals surface area contributed by atoms with E-state index in [1.54, 1.807) is 24.3 Å². The third-order valence-electron chi connectivity index (χ3n) is 6.87. The van der Waals surface area contributed by atoms with E-state index in [0.29, 0.717) is 35.0 Å². The van der Waals surface area contributed by atoms with Gasteiger partial charge in [-0.15, -0.1) is 0 Å². The van der Waals surface area contributed by atoms with E-state index in [2.05, 4.69) is 9.88 Å². The summed E-state index contributed by atoms with van der Waals surface area (Å²) in [5, 5.41) is 15.6. The van der Waals surface area contributed by atoms with Crippen LogP contribution in [-0.2, 0) is 4.74 Å². The van der Waals surface area contributed by atoms with Gasteiger partial charge in [0.25, 0.3) is 0 Å². The predicted molar refractivity (Wildman–Crippen MR) is 130 cm³/mol. The predicted octanol–water partition coefficient (Wildman–Crippen LogP) is 6.69. The summed E-state index contributed by atoms with van der Waals surface area (Å²) in [5.74, 6) is 1.17. The van der Waals surface area contributed by atoms with Gasteiger partial charge in [-0.05, 0) is 76.1 Å². The first-order valence-corrected chi connectivity index (χ1v) is 12.0. The van der Waals surface area contributed by atoms with Crippen molar-refractivity contribution >= 4 is 28.4 Å². The third-order valence-corrected chi connectivity index (χ3v) is 6.87. The highest BCUT2D eigenvalue weighted by Crippen LogP contribution is 2.47. The molecule has 0 bridgehead atoms. The van der Waals surface area contributed by atoms with Gasteiger partial charge in [0.05, 0.1) is 22.4 Å². The molecule has 1 aromatic heterocycles. The normalized spacial score (nSPS) is 16.6. The molecule has 1 amide bonds. The maximum absolute atomic E-state index is 12.2. The maximum Gasteiger partial charge on any atom is 0.411 e. The summed E-state index contributed by atoms with van der Waals surface area (Å²) in [7, 11) is 0. The number of hydrogen-bond donors (Lipinski definition) is 1. The average Bonchev–Trinajstić information content (AvgIpc) is 3.57. The summed E-state index contributed by atoms with van der Waals surface area (Å²) in [6.45, 7) is 4.36. The fourth-order valence-corrected chi connectivity index (χ4v) is 4.70. The van der Waals surface area contributed by atoms with Crippen LogP contribution < -0.4 is 10.1 Å². The number of anilines is 1. The molecule has 5 rings (SSSR count). The molecule has 34 heavy (non-hydrogen) atoms. The second-order valence-corrected chi connectivity index (χ2v) is 9.17. The van der Waals surface area contributed by atoms with E-state index in [-0.39, 0.29) is 22.8 Å². The highest BCUT2D eigenvalue weighted by molar-refractivity contribution is 5.99. The molecule has 2 aliphatic carbocycles. The van der Waals surface area contributed by atoms with E-state index in [1.807, 2.05) is 32.0 Å². The lowest BCUT2D eigenvalue weighted by molar-refractivity contribution is -0.382. The van der Waals surface area contributed by atoms with Crippen molar-refractivity contribution in [1.82, 2.24) is 4.57 Å². The Balaban J connectivity index is 1.51. The van der Waals surface area contributed by atoms with Crippen LogP contribution in [-0.4, -0.2) is 28.3 Å². The fraction of sp³-hybridized carbons (Fsp3) is 0.423. The molecule has 0 spiro atoms. The SMILES string of the molecule is CCOc1ccc2c([N+](=O)[O-])c(-c3ccc(NC(=O)OC(C)C4CC4)cc3)n(C3CCC3)c2c1. The first-order valence-electron chi connectivity index (χ1n) is 12.0. The van der Waals surface area contributed by atoms with Gasteiger partial charge in [-0.3, -0.25) is 15.4 Å². The molecule has 2 aromatic carbocycles. The minimum absolute atomic E-state index is 0.0957. The van der Waals surface area contributed by atoms with Gasteiger partial charge in [0.2, 0.25) is 0 Å². The Morgan fingerprint density at radius 2 is 1.91 bits per heavy atom. The number of nitro groups is 1. The molecule has 1 atom stereocenters. The van der Waals surface area contributed by atoms with Crippen LogP contribution in [0, 0.1) is 16.0 Å². The van der Waals surface area contributed by atoms with Gasteiger partial charge in [0.1, 0.15) is 17.5 Å². The fourth-order valence-electron chi connectivity index (χ4n) is 4.70. The molecule has 2 aliphatic rings. The summed E-state index contributed by atoms with van der Waals surface area (Å²) < 4.78 is 13.2. The topological polar surface area (TPSA) is 95.6 Å². The zero-order chi connectivity index (χ0) is 23.8. The molecular formula is C26H29N3O5. The number of fused-ring (bicyclic) bond motifs is 1. The van der Waals surface area contributed by atoms with Crippen LogP contribution in [0.15, 0.2) is 42.5 Å². The van der Waals surface area contributed by atoms with Crippen LogP contribution >= 0.6 is 0 Å². The minimum Gasteiger partial charge on any atom is -0.494 e. The van der Waals surface area contributed by atoms with E-state index < -0.39 is 6.09 Å². The Morgan fingerprint density at radius 3 is 2.50 bits per heavy atom. The summed E-state index contributed by atoms with van der Waals surface area (Å²) in [6.07, 6.45) is 4.69. The standard InChI is InChI=1S/C26H29N3O5/c1-3-33-21-13-14-22-23(15-21)28(20-5-4-6-20)24(25(22)29(31)32)18-9-11-19(12-10-18)27-26(30)34-16(2)17-7-8-17/h9-17,20H,3-8H2,1-2H3,(H,27,30). The third kappa shape index (κ3) is 4.20.